The maximum Gasteiger partial charge on any atom is 0.264 e. The summed E-state index contributed by atoms with van der Waals surface area (Å²) < 4.78 is 2.27. The van der Waals surface area contributed by atoms with Gasteiger partial charge in [0.2, 0.25) is 0 Å². The Bertz CT molecular complexity index is 1170. The van der Waals surface area contributed by atoms with Crippen LogP contribution in [0.5, 0.6) is 0 Å². The number of benzene rings is 2. The number of rotatable bonds is 4. The maximum atomic E-state index is 12.5. The molecule has 5 heteroatoms. The third-order valence-electron chi connectivity index (χ3n) is 5.29. The van der Waals surface area contributed by atoms with Crippen molar-refractivity contribution in [1.29, 1.82) is 0 Å². The minimum Gasteiger partial charge on any atom is -0.318 e. The smallest absolute Gasteiger partial charge is 0.264 e. The van der Waals surface area contributed by atoms with Gasteiger partial charge >= 0.3 is 0 Å². The number of aliphatic imine (C=N–C) groups is 1. The van der Waals surface area contributed by atoms with Crippen LogP contribution in [0.2, 0.25) is 0 Å². The number of hydrogen-bond donors (Lipinski definition) is 1. The lowest BCUT2D eigenvalue weighted by Gasteiger charge is -2.13. The molecule has 152 valence electrons. The molecule has 0 radical (unpaired) electrons. The zero-order chi connectivity index (χ0) is 21.3. The molecule has 1 saturated heterocycles. The Morgan fingerprint density at radius 1 is 1.07 bits per heavy atom. The molecule has 0 aliphatic carbocycles. The van der Waals surface area contributed by atoms with E-state index in [1.165, 1.54) is 28.6 Å². The van der Waals surface area contributed by atoms with Gasteiger partial charge in [-0.2, -0.15) is 0 Å². The highest BCUT2D eigenvalue weighted by Crippen LogP contribution is 2.31. The molecule has 0 bridgehead atoms. The molecule has 1 aromatic heterocycles. The number of nitrogens with zero attached hydrogens (tertiary/aromatic N) is 2. The van der Waals surface area contributed by atoms with Crippen LogP contribution in [0, 0.1) is 20.8 Å². The first-order valence-corrected chi connectivity index (χ1v) is 10.9. The van der Waals surface area contributed by atoms with Gasteiger partial charge in [-0.25, -0.2) is 4.99 Å². The van der Waals surface area contributed by atoms with Crippen LogP contribution < -0.4 is 5.32 Å². The second-order valence-electron chi connectivity index (χ2n) is 7.46. The minimum absolute atomic E-state index is 0.107. The Balaban J connectivity index is 1.66. The second-order valence-corrected chi connectivity index (χ2v) is 8.49. The summed E-state index contributed by atoms with van der Waals surface area (Å²) in [5, 5.41) is 3.49. The number of aryl methyl sites for hydroxylation is 3. The highest BCUT2D eigenvalue weighted by Gasteiger charge is 2.24. The van der Waals surface area contributed by atoms with Crippen molar-refractivity contribution in [1.82, 2.24) is 9.88 Å². The molecule has 1 amide bonds. The van der Waals surface area contributed by atoms with Crippen molar-refractivity contribution in [3.05, 3.63) is 87.6 Å². The molecular formula is C25H25N3OS. The highest BCUT2D eigenvalue weighted by atomic mass is 32.2. The number of amides is 1. The normalized spacial score (nSPS) is 16.5. The molecule has 2 aromatic carbocycles. The van der Waals surface area contributed by atoms with Crippen LogP contribution in [0.3, 0.4) is 0 Å². The van der Waals surface area contributed by atoms with Gasteiger partial charge in [-0.3, -0.25) is 4.79 Å². The van der Waals surface area contributed by atoms with Gasteiger partial charge < -0.3 is 9.88 Å². The summed E-state index contributed by atoms with van der Waals surface area (Å²) in [4.78, 5) is 17.7. The average Bonchev–Trinajstić information content (AvgIpc) is 3.22. The van der Waals surface area contributed by atoms with Gasteiger partial charge in [-0.05, 0) is 80.4 Å². The number of hydrogen-bond acceptors (Lipinski definition) is 3. The van der Waals surface area contributed by atoms with Gasteiger partial charge in [-0.1, -0.05) is 42.8 Å². The summed E-state index contributed by atoms with van der Waals surface area (Å²) in [6, 6.07) is 18.5. The summed E-state index contributed by atoms with van der Waals surface area (Å²) in [7, 11) is 0. The second kappa shape index (κ2) is 8.36. The zero-order valence-corrected chi connectivity index (χ0v) is 18.5. The summed E-state index contributed by atoms with van der Waals surface area (Å²) >= 11 is 1.38. The Hall–Kier alpha value is -3.05. The third-order valence-corrected chi connectivity index (χ3v) is 6.20. The molecule has 0 atom stereocenters. The van der Waals surface area contributed by atoms with E-state index in [9.17, 15) is 4.79 Å². The lowest BCUT2D eigenvalue weighted by molar-refractivity contribution is -0.115. The quantitative estimate of drug-likeness (QED) is 0.543. The molecule has 0 unspecified atom stereocenters. The van der Waals surface area contributed by atoms with Crippen molar-refractivity contribution in [3.63, 3.8) is 0 Å². The fourth-order valence-corrected chi connectivity index (χ4v) is 4.52. The largest absolute Gasteiger partial charge is 0.318 e. The molecule has 0 spiro atoms. The van der Waals surface area contributed by atoms with Crippen LogP contribution in [-0.4, -0.2) is 15.6 Å². The van der Waals surface area contributed by atoms with E-state index in [0.717, 1.165) is 29.1 Å². The van der Waals surface area contributed by atoms with Crippen molar-refractivity contribution >= 4 is 34.6 Å². The Labute approximate surface area is 181 Å². The number of carbonyl (C=O) groups is 1. The number of para-hydroxylation sites is 1. The SMILES string of the molecule is CCc1ccccc1-n1c(C)cc(/C=C2\SC(=Nc3ccc(C)cc3)NC2=O)c1C. The molecule has 3 aromatic rings. The molecule has 1 fully saturated rings. The molecule has 30 heavy (non-hydrogen) atoms. The van der Waals surface area contributed by atoms with E-state index in [1.54, 1.807) is 0 Å². The molecular weight excluding hydrogens is 390 g/mol. The van der Waals surface area contributed by atoms with Gasteiger partial charge in [0.15, 0.2) is 5.17 Å². The van der Waals surface area contributed by atoms with Crippen molar-refractivity contribution in [2.75, 3.05) is 0 Å². The van der Waals surface area contributed by atoms with Crippen LogP contribution in [0.25, 0.3) is 11.8 Å². The van der Waals surface area contributed by atoms with E-state index in [0.29, 0.717) is 10.1 Å². The van der Waals surface area contributed by atoms with Crippen molar-refractivity contribution in [3.8, 4) is 5.69 Å². The lowest BCUT2D eigenvalue weighted by Crippen LogP contribution is -2.19. The third kappa shape index (κ3) is 3.98. The van der Waals surface area contributed by atoms with Crippen LogP contribution >= 0.6 is 11.8 Å². The number of amidine groups is 1. The molecule has 0 saturated carbocycles. The van der Waals surface area contributed by atoms with Crippen LogP contribution in [0.15, 0.2) is 64.5 Å². The topological polar surface area (TPSA) is 46.4 Å². The Morgan fingerprint density at radius 3 is 2.53 bits per heavy atom. The van der Waals surface area contributed by atoms with Crippen LogP contribution in [0.1, 0.15) is 35.0 Å². The van der Waals surface area contributed by atoms with Crippen molar-refractivity contribution < 1.29 is 4.79 Å². The van der Waals surface area contributed by atoms with E-state index in [1.807, 2.05) is 37.3 Å². The Morgan fingerprint density at radius 2 is 1.80 bits per heavy atom. The molecule has 2 heterocycles. The lowest BCUT2D eigenvalue weighted by atomic mass is 10.1. The van der Waals surface area contributed by atoms with Gasteiger partial charge in [0.1, 0.15) is 0 Å². The zero-order valence-electron chi connectivity index (χ0n) is 17.7. The first-order valence-electron chi connectivity index (χ1n) is 10.1. The van der Waals surface area contributed by atoms with E-state index in [4.69, 9.17) is 0 Å². The van der Waals surface area contributed by atoms with E-state index in [-0.39, 0.29) is 5.91 Å². The van der Waals surface area contributed by atoms with Gasteiger partial charge in [0.25, 0.3) is 5.91 Å². The van der Waals surface area contributed by atoms with Gasteiger partial charge in [0, 0.05) is 17.1 Å². The predicted molar refractivity (Wildman–Crippen MR) is 127 cm³/mol. The van der Waals surface area contributed by atoms with Gasteiger partial charge in [-0.15, -0.1) is 0 Å². The fourth-order valence-electron chi connectivity index (χ4n) is 3.69. The molecule has 4 nitrogen and oxygen atoms in total. The fraction of sp³-hybridized carbons (Fsp3) is 0.200. The number of carbonyl (C=O) groups excluding carboxylic acids is 1. The number of aromatic nitrogens is 1. The van der Waals surface area contributed by atoms with Crippen LogP contribution in [-0.2, 0) is 11.2 Å². The highest BCUT2D eigenvalue weighted by molar-refractivity contribution is 8.18. The van der Waals surface area contributed by atoms with Crippen molar-refractivity contribution in [2.24, 2.45) is 4.99 Å². The Kier molecular flexibility index (Phi) is 5.64. The predicted octanol–water partition coefficient (Wildman–Crippen LogP) is 5.86. The standard InChI is InChI=1S/C25H25N3OS/c1-5-19-8-6-7-9-22(19)28-17(3)14-20(18(28)4)15-23-24(29)27-25(30-23)26-21-12-10-16(2)11-13-21/h6-15H,5H2,1-4H3,(H,26,27,29)/b23-15-. The number of nitrogens with one attached hydrogen (secondary N) is 1. The summed E-state index contributed by atoms with van der Waals surface area (Å²) in [6.45, 7) is 8.42. The van der Waals surface area contributed by atoms with Crippen LogP contribution in [0.4, 0.5) is 5.69 Å². The summed E-state index contributed by atoms with van der Waals surface area (Å²) in [6.07, 6.45) is 2.94. The van der Waals surface area contributed by atoms with E-state index in [2.05, 4.69) is 66.0 Å². The monoisotopic (exact) mass is 415 g/mol. The summed E-state index contributed by atoms with van der Waals surface area (Å²) in [5.74, 6) is -0.107. The van der Waals surface area contributed by atoms with E-state index < -0.39 is 0 Å². The van der Waals surface area contributed by atoms with Gasteiger partial charge in [0.05, 0.1) is 10.6 Å². The van der Waals surface area contributed by atoms with E-state index >= 15 is 0 Å². The maximum absolute atomic E-state index is 12.5. The molecule has 1 N–H and O–H groups in total. The molecule has 4 rings (SSSR count). The molecule has 1 aliphatic heterocycles. The average molecular weight is 416 g/mol. The summed E-state index contributed by atoms with van der Waals surface area (Å²) in [5.41, 5.74) is 7.84. The first-order chi connectivity index (χ1) is 14.5. The first kappa shape index (κ1) is 20.2. The molecule has 1 aliphatic rings. The van der Waals surface area contributed by atoms with Crippen molar-refractivity contribution in [2.45, 2.75) is 34.1 Å². The number of thioether (sulfide) groups is 1. The minimum atomic E-state index is -0.107.